The van der Waals surface area contributed by atoms with Crippen LogP contribution in [0.5, 0.6) is 0 Å². The van der Waals surface area contributed by atoms with Gasteiger partial charge in [-0.1, -0.05) is 11.6 Å². The molecule has 1 aliphatic heterocycles. The highest BCUT2D eigenvalue weighted by atomic mass is 35.5. The topological polar surface area (TPSA) is 39.9 Å². The van der Waals surface area contributed by atoms with Crippen LogP contribution in [0.3, 0.4) is 0 Å². The molecular formula is C21H23ClFN3O. The molecule has 1 aliphatic carbocycles. The van der Waals surface area contributed by atoms with Crippen LogP contribution in [0.2, 0.25) is 5.02 Å². The third-order valence-corrected chi connectivity index (χ3v) is 6.27. The van der Waals surface area contributed by atoms with E-state index in [9.17, 15) is 4.39 Å². The van der Waals surface area contributed by atoms with Crippen molar-refractivity contribution in [2.24, 2.45) is 0 Å². The van der Waals surface area contributed by atoms with E-state index in [1.165, 1.54) is 0 Å². The summed E-state index contributed by atoms with van der Waals surface area (Å²) in [4.78, 5) is 9.49. The Balaban J connectivity index is 1.74. The lowest BCUT2D eigenvalue weighted by atomic mass is 9.73. The lowest BCUT2D eigenvalue weighted by molar-refractivity contribution is 0.00394. The Morgan fingerprint density at radius 1 is 1.30 bits per heavy atom. The van der Waals surface area contributed by atoms with Crippen LogP contribution in [0.25, 0.3) is 21.9 Å². The van der Waals surface area contributed by atoms with Crippen LogP contribution < -0.4 is 0 Å². The van der Waals surface area contributed by atoms with E-state index in [0.29, 0.717) is 23.9 Å². The van der Waals surface area contributed by atoms with Crippen LogP contribution >= 0.6 is 11.6 Å². The van der Waals surface area contributed by atoms with Gasteiger partial charge in [-0.25, -0.2) is 9.37 Å². The van der Waals surface area contributed by atoms with Gasteiger partial charge in [0.15, 0.2) is 0 Å². The Morgan fingerprint density at radius 2 is 2.11 bits per heavy atom. The summed E-state index contributed by atoms with van der Waals surface area (Å²) in [6.07, 6.45) is 4.97. The molecule has 3 heterocycles. The standard InChI is InChI=1S/C21H23ClFN3O/c1-12-7-15(5-6-27-12)26-19-16-8-14(22)3-4-17(16)24-11-18(19)25-20(26)13-9-21(2,23)10-13/h3-4,8,11-13,15H,5-7,9-10H2,1-2H3/t12-,13?,15?,21?/m1/s1. The monoisotopic (exact) mass is 387 g/mol. The maximum absolute atomic E-state index is 14.3. The van der Waals surface area contributed by atoms with Crippen molar-refractivity contribution in [1.29, 1.82) is 0 Å². The van der Waals surface area contributed by atoms with E-state index >= 15 is 0 Å². The van der Waals surface area contributed by atoms with Crippen molar-refractivity contribution in [1.82, 2.24) is 14.5 Å². The van der Waals surface area contributed by atoms with Crippen LogP contribution in [-0.2, 0) is 4.74 Å². The van der Waals surface area contributed by atoms with Gasteiger partial charge in [0, 0.05) is 29.0 Å². The molecule has 1 aromatic carbocycles. The lowest BCUT2D eigenvalue weighted by Gasteiger charge is -2.40. The highest BCUT2D eigenvalue weighted by Gasteiger charge is 2.44. The zero-order valence-corrected chi connectivity index (χ0v) is 16.3. The van der Waals surface area contributed by atoms with Crippen LogP contribution in [0.1, 0.15) is 57.3 Å². The Hall–Kier alpha value is -1.72. The molecule has 0 N–H and O–H groups in total. The van der Waals surface area contributed by atoms with Gasteiger partial charge in [-0.15, -0.1) is 0 Å². The molecule has 2 aromatic heterocycles. The van der Waals surface area contributed by atoms with Gasteiger partial charge in [-0.3, -0.25) is 4.98 Å². The Morgan fingerprint density at radius 3 is 2.85 bits per heavy atom. The number of nitrogens with zero attached hydrogens (tertiary/aromatic N) is 3. The molecule has 27 heavy (non-hydrogen) atoms. The number of hydrogen-bond donors (Lipinski definition) is 0. The number of rotatable bonds is 2. The predicted octanol–water partition coefficient (Wildman–Crippen LogP) is 5.58. The first-order valence-corrected chi connectivity index (χ1v) is 10.1. The van der Waals surface area contributed by atoms with Crippen LogP contribution in [0.4, 0.5) is 4.39 Å². The summed E-state index contributed by atoms with van der Waals surface area (Å²) in [7, 11) is 0. The molecule has 5 rings (SSSR count). The Bertz CT molecular complexity index is 1020. The number of imidazole rings is 1. The number of hydrogen-bond acceptors (Lipinski definition) is 3. The summed E-state index contributed by atoms with van der Waals surface area (Å²) in [6.45, 7) is 4.54. The third kappa shape index (κ3) is 2.92. The molecule has 0 bridgehead atoms. The summed E-state index contributed by atoms with van der Waals surface area (Å²) in [5.74, 6) is 1.15. The third-order valence-electron chi connectivity index (χ3n) is 6.04. The second-order valence-electron chi connectivity index (χ2n) is 8.37. The molecule has 1 unspecified atom stereocenters. The van der Waals surface area contributed by atoms with E-state index in [1.807, 2.05) is 24.4 Å². The summed E-state index contributed by atoms with van der Waals surface area (Å²) >= 11 is 6.30. The number of benzene rings is 1. The van der Waals surface area contributed by atoms with Crippen LogP contribution in [0.15, 0.2) is 24.4 Å². The molecule has 6 heteroatoms. The molecule has 1 saturated carbocycles. The van der Waals surface area contributed by atoms with Gasteiger partial charge in [-0.05, 0) is 57.7 Å². The minimum atomic E-state index is -1.08. The summed E-state index contributed by atoms with van der Waals surface area (Å²) in [5.41, 5.74) is 1.76. The molecule has 0 radical (unpaired) electrons. The maximum Gasteiger partial charge on any atom is 0.113 e. The first kappa shape index (κ1) is 17.4. The van der Waals surface area contributed by atoms with Gasteiger partial charge in [0.2, 0.25) is 0 Å². The smallest absolute Gasteiger partial charge is 0.113 e. The van der Waals surface area contributed by atoms with E-state index in [-0.39, 0.29) is 12.0 Å². The van der Waals surface area contributed by atoms with Crippen molar-refractivity contribution in [2.75, 3.05) is 6.61 Å². The molecule has 2 fully saturated rings. The summed E-state index contributed by atoms with van der Waals surface area (Å²) < 4.78 is 22.4. The molecule has 0 amide bonds. The first-order valence-electron chi connectivity index (χ1n) is 9.68. The number of alkyl halides is 1. The van der Waals surface area contributed by atoms with Gasteiger partial charge in [-0.2, -0.15) is 0 Å². The van der Waals surface area contributed by atoms with Gasteiger partial charge in [0.05, 0.1) is 23.3 Å². The fourth-order valence-corrected chi connectivity index (χ4v) is 4.96. The molecule has 0 spiro atoms. The van der Waals surface area contributed by atoms with E-state index < -0.39 is 5.67 Å². The van der Waals surface area contributed by atoms with Crippen molar-refractivity contribution in [3.05, 3.63) is 35.2 Å². The molecule has 1 saturated heterocycles. The summed E-state index contributed by atoms with van der Waals surface area (Å²) in [6, 6.07) is 6.07. The molecule has 2 atom stereocenters. The lowest BCUT2D eigenvalue weighted by Crippen LogP contribution is -2.37. The van der Waals surface area contributed by atoms with Crippen molar-refractivity contribution in [3.63, 3.8) is 0 Å². The Labute approximate surface area is 162 Å². The first-order chi connectivity index (χ1) is 12.9. The number of fused-ring (bicyclic) bond motifs is 3. The van der Waals surface area contributed by atoms with E-state index in [0.717, 1.165) is 47.2 Å². The maximum atomic E-state index is 14.3. The quantitative estimate of drug-likeness (QED) is 0.576. The molecule has 4 nitrogen and oxygen atoms in total. The predicted molar refractivity (Wildman–Crippen MR) is 105 cm³/mol. The second kappa shape index (κ2) is 6.14. The van der Waals surface area contributed by atoms with Gasteiger partial charge in [0.25, 0.3) is 0 Å². The van der Waals surface area contributed by atoms with E-state index in [4.69, 9.17) is 21.3 Å². The minimum absolute atomic E-state index is 0.153. The van der Waals surface area contributed by atoms with Gasteiger partial charge >= 0.3 is 0 Å². The van der Waals surface area contributed by atoms with Crippen molar-refractivity contribution < 1.29 is 9.13 Å². The van der Waals surface area contributed by atoms with Gasteiger partial charge < -0.3 is 9.30 Å². The second-order valence-corrected chi connectivity index (χ2v) is 8.81. The molecule has 142 valence electrons. The number of aromatic nitrogens is 3. The highest BCUT2D eigenvalue weighted by molar-refractivity contribution is 6.31. The van der Waals surface area contributed by atoms with Crippen molar-refractivity contribution >= 4 is 33.5 Å². The Kier molecular flexibility index (Phi) is 3.96. The number of pyridine rings is 1. The molecular weight excluding hydrogens is 365 g/mol. The number of halogens is 2. The molecule has 2 aliphatic rings. The number of ether oxygens (including phenoxy) is 1. The zero-order chi connectivity index (χ0) is 18.8. The van der Waals surface area contributed by atoms with Crippen LogP contribution in [0, 0.1) is 0 Å². The normalized spacial score (nSPS) is 31.3. The minimum Gasteiger partial charge on any atom is -0.378 e. The highest BCUT2D eigenvalue weighted by Crippen LogP contribution is 2.48. The average Bonchev–Trinajstić information content (AvgIpc) is 2.99. The largest absolute Gasteiger partial charge is 0.378 e. The van der Waals surface area contributed by atoms with Gasteiger partial charge in [0.1, 0.15) is 17.0 Å². The van der Waals surface area contributed by atoms with Crippen molar-refractivity contribution in [3.8, 4) is 0 Å². The fraction of sp³-hybridized carbons (Fsp3) is 0.524. The molecule has 3 aromatic rings. The fourth-order valence-electron chi connectivity index (χ4n) is 4.78. The average molecular weight is 388 g/mol. The van der Waals surface area contributed by atoms with Crippen molar-refractivity contribution in [2.45, 2.75) is 63.3 Å². The van der Waals surface area contributed by atoms with E-state index in [1.54, 1.807) is 6.92 Å². The zero-order valence-electron chi connectivity index (χ0n) is 15.6. The summed E-state index contributed by atoms with van der Waals surface area (Å²) in [5, 5.41) is 1.70. The SMILES string of the molecule is C[C@@H]1CC(n2c(C3CC(C)(F)C3)nc3cnc4ccc(Cl)cc4c32)CCO1. The van der Waals surface area contributed by atoms with E-state index in [2.05, 4.69) is 16.5 Å². The van der Waals surface area contributed by atoms with Crippen LogP contribution in [-0.4, -0.2) is 32.9 Å².